The van der Waals surface area contributed by atoms with Crippen molar-refractivity contribution < 1.29 is 0 Å². The molecule has 15 heavy (non-hydrogen) atoms. The van der Waals surface area contributed by atoms with Gasteiger partial charge in [-0.15, -0.1) is 11.8 Å². The second kappa shape index (κ2) is 3.63. The van der Waals surface area contributed by atoms with Crippen molar-refractivity contribution in [3.05, 3.63) is 54.6 Å². The van der Waals surface area contributed by atoms with Crippen LogP contribution in [0.5, 0.6) is 0 Å². The molecule has 0 radical (unpaired) electrons. The molecule has 1 heterocycles. The predicted octanol–water partition coefficient (Wildman–Crippen LogP) is 3.89. The van der Waals surface area contributed by atoms with Gasteiger partial charge in [-0.2, -0.15) is 0 Å². The topological polar surface area (TPSA) is 3.24 Å². The van der Waals surface area contributed by atoms with Crippen molar-refractivity contribution in [3.8, 4) is 0 Å². The highest BCUT2D eigenvalue weighted by Gasteiger charge is 2.19. The van der Waals surface area contributed by atoms with E-state index in [1.165, 1.54) is 16.3 Å². The third-order valence-electron chi connectivity index (χ3n) is 2.57. The number of fused-ring (bicyclic) bond motifs is 1. The molecule has 1 aliphatic rings. The molecule has 0 atom stereocenters. The molecule has 0 N–H and O–H groups in total. The molecule has 0 aliphatic carbocycles. The number of benzene rings is 2. The minimum absolute atomic E-state index is 1.02. The Morgan fingerprint density at radius 3 is 2.47 bits per heavy atom. The monoisotopic (exact) mass is 213 g/mol. The Morgan fingerprint density at radius 2 is 1.60 bits per heavy atom. The molecule has 2 aromatic rings. The van der Waals surface area contributed by atoms with Gasteiger partial charge in [-0.3, -0.25) is 0 Å². The summed E-state index contributed by atoms with van der Waals surface area (Å²) in [5, 5.41) is 0. The molecule has 1 nitrogen and oxygen atoms in total. The highest BCUT2D eigenvalue weighted by atomic mass is 32.2. The molecule has 0 saturated carbocycles. The second-order valence-electron chi connectivity index (χ2n) is 3.50. The molecular weight excluding hydrogens is 202 g/mol. The lowest BCUT2D eigenvalue weighted by atomic mass is 10.2. The van der Waals surface area contributed by atoms with Gasteiger partial charge in [0, 0.05) is 10.6 Å². The average molecular weight is 213 g/mol. The van der Waals surface area contributed by atoms with Crippen molar-refractivity contribution in [1.29, 1.82) is 0 Å². The third kappa shape index (κ3) is 1.51. The standard InChI is InChI=1S/C13H11NS/c1-2-6-11(7-3-1)14-10-15-13-9-5-4-8-12(13)14/h1-9H,10H2. The molecule has 0 amide bonds. The van der Waals surface area contributed by atoms with Crippen molar-refractivity contribution >= 4 is 23.1 Å². The van der Waals surface area contributed by atoms with Crippen LogP contribution < -0.4 is 4.90 Å². The maximum atomic E-state index is 2.35. The predicted molar refractivity (Wildman–Crippen MR) is 65.7 cm³/mol. The number of anilines is 2. The molecule has 0 bridgehead atoms. The first-order valence-corrected chi connectivity index (χ1v) is 5.98. The maximum absolute atomic E-state index is 2.35. The van der Waals surface area contributed by atoms with Gasteiger partial charge in [-0.05, 0) is 24.3 Å². The molecule has 3 rings (SSSR count). The van der Waals surface area contributed by atoms with E-state index in [4.69, 9.17) is 0 Å². The third-order valence-corrected chi connectivity index (χ3v) is 3.62. The summed E-state index contributed by atoms with van der Waals surface area (Å²) in [4.78, 5) is 3.72. The van der Waals surface area contributed by atoms with Crippen LogP contribution in [0.15, 0.2) is 59.5 Å². The molecule has 0 saturated heterocycles. The number of rotatable bonds is 1. The van der Waals surface area contributed by atoms with E-state index in [0.29, 0.717) is 0 Å². The van der Waals surface area contributed by atoms with Crippen LogP contribution in [-0.4, -0.2) is 5.88 Å². The zero-order valence-corrected chi connectivity index (χ0v) is 9.08. The summed E-state index contributed by atoms with van der Waals surface area (Å²) in [6.45, 7) is 0. The highest BCUT2D eigenvalue weighted by Crippen LogP contribution is 2.42. The fourth-order valence-electron chi connectivity index (χ4n) is 1.83. The van der Waals surface area contributed by atoms with Crippen molar-refractivity contribution in [2.45, 2.75) is 4.90 Å². The van der Waals surface area contributed by atoms with E-state index in [1.807, 2.05) is 11.8 Å². The minimum Gasteiger partial charge on any atom is -0.330 e. The molecule has 0 unspecified atom stereocenters. The molecule has 1 aliphatic heterocycles. The Kier molecular flexibility index (Phi) is 2.14. The van der Waals surface area contributed by atoms with E-state index < -0.39 is 0 Å². The summed E-state index contributed by atoms with van der Waals surface area (Å²) in [5.74, 6) is 1.02. The lowest BCUT2D eigenvalue weighted by Crippen LogP contribution is -2.10. The quantitative estimate of drug-likeness (QED) is 0.707. The van der Waals surface area contributed by atoms with Gasteiger partial charge in [-0.25, -0.2) is 0 Å². The SMILES string of the molecule is c1ccc(N2CSc3ccccc32)cc1. The average Bonchev–Trinajstić information content (AvgIpc) is 2.74. The highest BCUT2D eigenvalue weighted by molar-refractivity contribution is 7.99. The zero-order valence-electron chi connectivity index (χ0n) is 8.26. The number of thioether (sulfide) groups is 1. The Morgan fingerprint density at radius 1 is 0.867 bits per heavy atom. The van der Waals surface area contributed by atoms with E-state index >= 15 is 0 Å². The molecule has 0 aromatic heterocycles. The summed E-state index contributed by atoms with van der Waals surface area (Å²) in [6.07, 6.45) is 0. The zero-order chi connectivity index (χ0) is 10.1. The Hall–Kier alpha value is -1.41. The fraction of sp³-hybridized carbons (Fsp3) is 0.0769. The van der Waals surface area contributed by atoms with Crippen LogP contribution in [0.25, 0.3) is 0 Å². The first kappa shape index (κ1) is 8.86. The van der Waals surface area contributed by atoms with Gasteiger partial charge in [0.15, 0.2) is 0 Å². The van der Waals surface area contributed by atoms with Crippen LogP contribution in [0, 0.1) is 0 Å². The van der Waals surface area contributed by atoms with E-state index in [-0.39, 0.29) is 0 Å². The van der Waals surface area contributed by atoms with E-state index in [0.717, 1.165) is 5.88 Å². The molecule has 2 aromatic carbocycles. The van der Waals surface area contributed by atoms with Crippen LogP contribution in [0.3, 0.4) is 0 Å². The molecular formula is C13H11NS. The van der Waals surface area contributed by atoms with E-state index in [2.05, 4.69) is 59.5 Å². The van der Waals surface area contributed by atoms with Crippen molar-refractivity contribution in [2.24, 2.45) is 0 Å². The lowest BCUT2D eigenvalue weighted by molar-refractivity contribution is 1.18. The van der Waals surface area contributed by atoms with Gasteiger partial charge in [-0.1, -0.05) is 30.3 Å². The summed E-state index contributed by atoms with van der Waals surface area (Å²) < 4.78 is 0. The van der Waals surface area contributed by atoms with Crippen LogP contribution in [0.2, 0.25) is 0 Å². The van der Waals surface area contributed by atoms with E-state index in [9.17, 15) is 0 Å². The Labute approximate surface area is 93.7 Å². The first-order valence-electron chi connectivity index (χ1n) is 4.99. The lowest BCUT2D eigenvalue weighted by Gasteiger charge is -2.18. The summed E-state index contributed by atoms with van der Waals surface area (Å²) >= 11 is 1.90. The summed E-state index contributed by atoms with van der Waals surface area (Å²) in [7, 11) is 0. The van der Waals surface area contributed by atoms with Gasteiger partial charge in [0.2, 0.25) is 0 Å². The maximum Gasteiger partial charge on any atom is 0.0735 e. The van der Waals surface area contributed by atoms with Gasteiger partial charge in [0.25, 0.3) is 0 Å². The van der Waals surface area contributed by atoms with Gasteiger partial charge < -0.3 is 4.90 Å². The summed E-state index contributed by atoms with van der Waals surface area (Å²) in [6, 6.07) is 19.1. The number of para-hydroxylation sites is 2. The van der Waals surface area contributed by atoms with Crippen LogP contribution in [0.1, 0.15) is 0 Å². The van der Waals surface area contributed by atoms with Crippen LogP contribution in [0.4, 0.5) is 11.4 Å². The van der Waals surface area contributed by atoms with E-state index in [1.54, 1.807) is 0 Å². The Bertz CT molecular complexity index is 467. The molecule has 0 spiro atoms. The largest absolute Gasteiger partial charge is 0.330 e. The number of hydrogen-bond donors (Lipinski definition) is 0. The summed E-state index contributed by atoms with van der Waals surface area (Å²) in [5.41, 5.74) is 2.60. The fourth-order valence-corrected chi connectivity index (χ4v) is 2.88. The molecule has 0 fully saturated rings. The van der Waals surface area contributed by atoms with Gasteiger partial charge >= 0.3 is 0 Å². The smallest absolute Gasteiger partial charge is 0.0735 e. The Balaban J connectivity index is 2.05. The van der Waals surface area contributed by atoms with Crippen molar-refractivity contribution in [3.63, 3.8) is 0 Å². The van der Waals surface area contributed by atoms with Crippen molar-refractivity contribution in [2.75, 3.05) is 10.8 Å². The second-order valence-corrected chi connectivity index (χ2v) is 4.49. The van der Waals surface area contributed by atoms with Crippen molar-refractivity contribution in [1.82, 2.24) is 0 Å². The van der Waals surface area contributed by atoms with Crippen LogP contribution >= 0.6 is 11.8 Å². The van der Waals surface area contributed by atoms with Gasteiger partial charge in [0.05, 0.1) is 11.6 Å². The van der Waals surface area contributed by atoms with Gasteiger partial charge in [0.1, 0.15) is 0 Å². The minimum atomic E-state index is 1.02. The number of hydrogen-bond acceptors (Lipinski definition) is 2. The van der Waals surface area contributed by atoms with Crippen LogP contribution in [-0.2, 0) is 0 Å². The molecule has 74 valence electrons. The molecule has 2 heteroatoms. The number of nitrogens with zero attached hydrogens (tertiary/aromatic N) is 1. The first-order chi connectivity index (χ1) is 7.45. The normalized spacial score (nSPS) is 14.0.